The summed E-state index contributed by atoms with van der Waals surface area (Å²) in [5.74, 6) is 0. The highest BCUT2D eigenvalue weighted by molar-refractivity contribution is 5.91. The van der Waals surface area contributed by atoms with Crippen molar-refractivity contribution in [3.8, 4) is 0 Å². The number of pyridine rings is 1. The number of nitrogens with one attached hydrogen (secondary N) is 3. The first-order valence-corrected chi connectivity index (χ1v) is 6.95. The molecule has 0 atom stereocenters. The highest BCUT2D eigenvalue weighted by Gasteiger charge is 2.16. The van der Waals surface area contributed by atoms with Crippen molar-refractivity contribution in [3.05, 3.63) is 59.6 Å². The van der Waals surface area contributed by atoms with Gasteiger partial charge in [0.1, 0.15) is 11.1 Å². The molecule has 3 N–H and O–H groups in total. The van der Waals surface area contributed by atoms with Crippen LogP contribution in [0.25, 0.3) is 11.0 Å². The molecule has 0 bridgehead atoms. The Hall–Kier alpha value is -3.43. The Bertz CT molecular complexity index is 1200. The van der Waals surface area contributed by atoms with Gasteiger partial charge < -0.3 is 10.3 Å². The SMILES string of the molecule is Cc1cnc2c(c1Nc1c[nH]c(=O)[nH]c1=O)c(=O)n(C)c(=O)n2C. The van der Waals surface area contributed by atoms with Crippen LogP contribution in [-0.4, -0.2) is 24.1 Å². The Morgan fingerprint density at radius 3 is 2.50 bits per heavy atom. The zero-order valence-corrected chi connectivity index (χ0v) is 13.1. The van der Waals surface area contributed by atoms with E-state index in [-0.39, 0.29) is 16.7 Å². The maximum absolute atomic E-state index is 12.5. The monoisotopic (exact) mass is 330 g/mol. The summed E-state index contributed by atoms with van der Waals surface area (Å²) >= 11 is 0. The summed E-state index contributed by atoms with van der Waals surface area (Å²) in [7, 11) is 2.87. The molecule has 10 nitrogen and oxygen atoms in total. The van der Waals surface area contributed by atoms with Crippen LogP contribution in [0.5, 0.6) is 0 Å². The van der Waals surface area contributed by atoms with Crippen LogP contribution in [0.15, 0.2) is 31.6 Å². The summed E-state index contributed by atoms with van der Waals surface area (Å²) in [5.41, 5.74) is -1.12. The summed E-state index contributed by atoms with van der Waals surface area (Å²) < 4.78 is 2.21. The topological polar surface area (TPSA) is 135 Å². The number of fused-ring (bicyclic) bond motifs is 1. The van der Waals surface area contributed by atoms with Crippen molar-refractivity contribution in [1.29, 1.82) is 0 Å². The molecule has 0 aliphatic rings. The second-order valence-corrected chi connectivity index (χ2v) is 5.33. The van der Waals surface area contributed by atoms with E-state index in [0.29, 0.717) is 11.3 Å². The smallest absolute Gasteiger partial charge is 0.332 e. The van der Waals surface area contributed by atoms with Crippen molar-refractivity contribution in [3.63, 3.8) is 0 Å². The van der Waals surface area contributed by atoms with Crippen LogP contribution < -0.4 is 27.8 Å². The summed E-state index contributed by atoms with van der Waals surface area (Å²) in [5, 5.41) is 3.01. The number of aromatic amines is 2. The molecule has 0 spiro atoms. The molecule has 0 fully saturated rings. The Morgan fingerprint density at radius 2 is 1.83 bits per heavy atom. The van der Waals surface area contributed by atoms with Crippen molar-refractivity contribution < 1.29 is 0 Å². The lowest BCUT2D eigenvalue weighted by Crippen LogP contribution is -2.37. The first kappa shape index (κ1) is 15.5. The molecule has 0 aromatic carbocycles. The zero-order valence-electron chi connectivity index (χ0n) is 13.1. The van der Waals surface area contributed by atoms with E-state index in [4.69, 9.17) is 0 Å². The van der Waals surface area contributed by atoms with Gasteiger partial charge in [0.25, 0.3) is 11.1 Å². The normalized spacial score (nSPS) is 11.0. The minimum absolute atomic E-state index is 0.0566. The standard InChI is InChI=1S/C14H14N6O4/c1-6-4-15-10-8(12(22)20(3)14(24)19(10)2)9(6)17-7-5-16-13(23)18-11(7)21/h4-5H,1-3H3,(H,15,17)(H2,16,18,21,23). The van der Waals surface area contributed by atoms with E-state index in [0.717, 1.165) is 4.57 Å². The van der Waals surface area contributed by atoms with Crippen LogP contribution in [0.4, 0.5) is 11.4 Å². The van der Waals surface area contributed by atoms with Gasteiger partial charge in [-0.3, -0.25) is 23.7 Å². The predicted molar refractivity (Wildman–Crippen MR) is 87.9 cm³/mol. The maximum atomic E-state index is 12.5. The molecule has 10 heteroatoms. The van der Waals surface area contributed by atoms with E-state index in [1.807, 2.05) is 0 Å². The van der Waals surface area contributed by atoms with Gasteiger partial charge in [-0.2, -0.15) is 0 Å². The van der Waals surface area contributed by atoms with Crippen molar-refractivity contribution in [2.45, 2.75) is 6.92 Å². The van der Waals surface area contributed by atoms with E-state index in [2.05, 4.69) is 20.3 Å². The molecule has 0 radical (unpaired) electrons. The molecular formula is C14H14N6O4. The van der Waals surface area contributed by atoms with Gasteiger partial charge in [-0.25, -0.2) is 14.6 Å². The molecule has 24 heavy (non-hydrogen) atoms. The number of rotatable bonds is 2. The van der Waals surface area contributed by atoms with E-state index >= 15 is 0 Å². The summed E-state index contributed by atoms with van der Waals surface area (Å²) in [6.07, 6.45) is 2.70. The number of aromatic nitrogens is 5. The fourth-order valence-electron chi connectivity index (χ4n) is 2.42. The van der Waals surface area contributed by atoms with Crippen molar-refractivity contribution in [1.82, 2.24) is 24.1 Å². The second kappa shape index (κ2) is 5.33. The van der Waals surface area contributed by atoms with E-state index in [1.54, 1.807) is 6.92 Å². The fourth-order valence-corrected chi connectivity index (χ4v) is 2.42. The summed E-state index contributed by atoms with van der Waals surface area (Å²) in [4.78, 5) is 56.1. The minimum Gasteiger partial charge on any atom is -0.349 e. The summed E-state index contributed by atoms with van der Waals surface area (Å²) in [6, 6.07) is 0. The van der Waals surface area contributed by atoms with Crippen LogP contribution >= 0.6 is 0 Å². The van der Waals surface area contributed by atoms with Gasteiger partial charge in [-0.1, -0.05) is 0 Å². The second-order valence-electron chi connectivity index (χ2n) is 5.33. The van der Waals surface area contributed by atoms with Gasteiger partial charge in [0, 0.05) is 26.5 Å². The fraction of sp³-hybridized carbons (Fsp3) is 0.214. The Labute approximate surface area is 133 Å². The Morgan fingerprint density at radius 1 is 1.12 bits per heavy atom. The number of nitrogens with zero attached hydrogens (tertiary/aromatic N) is 3. The quantitative estimate of drug-likeness (QED) is 0.555. The van der Waals surface area contributed by atoms with Crippen LogP contribution in [0.3, 0.4) is 0 Å². The molecule has 124 valence electrons. The largest absolute Gasteiger partial charge is 0.349 e. The molecule has 0 saturated carbocycles. The lowest BCUT2D eigenvalue weighted by atomic mass is 10.2. The predicted octanol–water partition coefficient (Wildman–Crippen LogP) is -0.939. The average molecular weight is 330 g/mol. The van der Waals surface area contributed by atoms with Crippen LogP contribution in [0.2, 0.25) is 0 Å². The number of anilines is 2. The van der Waals surface area contributed by atoms with Gasteiger partial charge in [-0.15, -0.1) is 0 Å². The van der Waals surface area contributed by atoms with Crippen molar-refractivity contribution in [2.24, 2.45) is 14.1 Å². The maximum Gasteiger partial charge on any atom is 0.332 e. The molecule has 0 saturated heterocycles. The molecule has 0 aliphatic carbocycles. The first-order valence-electron chi connectivity index (χ1n) is 6.95. The third-order valence-electron chi connectivity index (χ3n) is 3.74. The van der Waals surface area contributed by atoms with Crippen LogP contribution in [0.1, 0.15) is 5.56 Å². The lowest BCUT2D eigenvalue weighted by molar-refractivity contribution is 0.707. The molecule has 3 rings (SSSR count). The van der Waals surface area contributed by atoms with Gasteiger partial charge in [0.2, 0.25) is 0 Å². The van der Waals surface area contributed by atoms with Gasteiger partial charge in [0.15, 0.2) is 5.65 Å². The Balaban J connectivity index is 2.38. The van der Waals surface area contributed by atoms with Crippen molar-refractivity contribution >= 4 is 22.4 Å². The van der Waals surface area contributed by atoms with Gasteiger partial charge in [-0.05, 0) is 12.5 Å². The first-order chi connectivity index (χ1) is 11.3. The minimum atomic E-state index is -0.639. The molecule has 0 amide bonds. The van der Waals surface area contributed by atoms with E-state index in [1.165, 1.54) is 31.1 Å². The van der Waals surface area contributed by atoms with Gasteiger partial charge in [0.05, 0.1) is 5.69 Å². The molecule has 0 aliphatic heterocycles. The lowest BCUT2D eigenvalue weighted by Gasteiger charge is -2.13. The third-order valence-corrected chi connectivity index (χ3v) is 3.74. The molecule has 0 unspecified atom stereocenters. The molecular weight excluding hydrogens is 316 g/mol. The molecule has 3 heterocycles. The summed E-state index contributed by atoms with van der Waals surface area (Å²) in [6.45, 7) is 1.71. The van der Waals surface area contributed by atoms with E-state index < -0.39 is 22.5 Å². The Kier molecular flexibility index (Phi) is 3.44. The van der Waals surface area contributed by atoms with Crippen LogP contribution in [-0.2, 0) is 14.1 Å². The van der Waals surface area contributed by atoms with Crippen molar-refractivity contribution in [2.75, 3.05) is 5.32 Å². The average Bonchev–Trinajstić information content (AvgIpc) is 2.54. The molecule has 3 aromatic heterocycles. The molecule has 3 aromatic rings. The number of hydrogen-bond donors (Lipinski definition) is 3. The zero-order chi connectivity index (χ0) is 17.6. The highest BCUT2D eigenvalue weighted by Crippen LogP contribution is 2.23. The number of H-pyrrole nitrogens is 2. The van der Waals surface area contributed by atoms with Crippen LogP contribution in [0, 0.1) is 6.92 Å². The highest BCUT2D eigenvalue weighted by atomic mass is 16.2. The number of hydrogen-bond acceptors (Lipinski definition) is 6. The number of aryl methyl sites for hydroxylation is 2. The van der Waals surface area contributed by atoms with E-state index in [9.17, 15) is 19.2 Å². The third kappa shape index (κ3) is 2.24. The van der Waals surface area contributed by atoms with Gasteiger partial charge >= 0.3 is 11.4 Å².